The maximum Gasteiger partial charge on any atom is 0.217 e. The van der Waals surface area contributed by atoms with E-state index in [1.54, 1.807) is 0 Å². The maximum atomic E-state index is 13.8. The van der Waals surface area contributed by atoms with Crippen molar-refractivity contribution in [1.82, 2.24) is 31.9 Å². The lowest BCUT2D eigenvalue weighted by Crippen LogP contribution is -2.72. The van der Waals surface area contributed by atoms with Crippen LogP contribution in [0.1, 0.15) is 62.3 Å². The standard InChI is InChI=1S/C84H140N6O58/c1-19-43(104)55(116)60(121)79(128-19)126-18-36-65(53(114)37(73(125)131-36)85-22(4)98)140-76-40(88-25(7)101)54(115)64(32(14-95)136-76)141-82-63(124)70(146-84-72(59(120)49(110)31(13-94)135-84)148-78-42(90-27(9)103)69(145-81-62(123)57(118)45(106)21(3)130-81)67(34(16-97)138-78)143-75-39(87-24(6)100)52(113)47(108)29(11-92)133-75)50(111)35(139-82)17-127-83-71(58(119)48(109)30(12-93)134-83)147-77-41(89-26(8)102)68(144-80-61(122)56(117)44(105)20(2)129-80)66(33(15-96)137-77)142-74-38(86-23(5)99)51(112)46(107)28(10-91)132-74/h19-21,28-84,91-97,104-125H,10-18H2,1-9H3,(H,85,98)(H,86,99)(H,87,100)(H,88,101)(H,89,102)(H,90,103)/t19-,20-,21-,28+,29+,30+,31+,32+,33+,34+,35+,36+,37+,38+,39+,40+,41+,42+,43+,44+,45+,46-,47-,48+,49+,50+,51+,52+,53+,54+,55+,56+,57+,58-,59-,60-,61-,62-,63-,64+,65+,66+,67+,68+,69+,70-,71-,72-,73?,74-,75-,76-,77-,78-,79+,80-,81-,82-,83-,84+/m0/s1. The fourth-order valence-corrected chi connectivity index (χ4v) is 19.4. The molecule has 0 spiro atoms. The van der Waals surface area contributed by atoms with Gasteiger partial charge in [0.05, 0.1) is 77.8 Å². The maximum absolute atomic E-state index is 13.8. The highest BCUT2D eigenvalue weighted by atomic mass is 16.8. The average Bonchev–Trinajstić information content (AvgIpc) is 0.764. The van der Waals surface area contributed by atoms with Crippen LogP contribution in [0.2, 0.25) is 0 Å². The second-order valence-electron chi connectivity index (χ2n) is 38.0. The quantitative estimate of drug-likeness (QED) is 0.0275. The minimum atomic E-state index is -2.75. The van der Waals surface area contributed by atoms with Crippen LogP contribution in [0, 0.1) is 0 Å². The third kappa shape index (κ3) is 27.1. The minimum Gasteiger partial charge on any atom is -0.394 e. The Balaban J connectivity index is 0.929. The summed E-state index contributed by atoms with van der Waals surface area (Å²) in [5, 5.41) is 346. The number of ether oxygens (including phenoxy) is 23. The Morgan fingerprint density at radius 2 is 0.439 bits per heavy atom. The molecule has 12 heterocycles. The number of carbonyl (C=O) groups excluding carboxylic acids is 6. The first-order valence-corrected chi connectivity index (χ1v) is 47.7. The van der Waals surface area contributed by atoms with Gasteiger partial charge in [0, 0.05) is 41.5 Å². The summed E-state index contributed by atoms with van der Waals surface area (Å²) in [6, 6.07) is -11.8. The fraction of sp³-hybridized carbons (Fsp3) is 0.929. The summed E-state index contributed by atoms with van der Waals surface area (Å²) in [5.41, 5.74) is 0. The summed E-state index contributed by atoms with van der Waals surface area (Å²) in [4.78, 5) is 79.2. The molecule has 0 aromatic heterocycles. The van der Waals surface area contributed by atoms with Crippen LogP contribution in [-0.2, 0) is 138 Å². The van der Waals surface area contributed by atoms with E-state index in [0.717, 1.165) is 41.5 Å². The molecule has 12 saturated heterocycles. The number of hydrogen-bond donors (Lipinski definition) is 35. The van der Waals surface area contributed by atoms with Crippen molar-refractivity contribution in [1.29, 1.82) is 0 Å². The van der Waals surface area contributed by atoms with Crippen LogP contribution < -0.4 is 31.9 Å². The van der Waals surface area contributed by atoms with Crippen molar-refractivity contribution in [2.75, 3.05) is 59.5 Å². The minimum absolute atomic E-state index is 0.879. The SMILES string of the molecule is CC(=O)N[C@H]1[C@H](O[C@H]2[C@H](O)[C@@H](NC(C)=O)C(O)O[C@@H]2CO[C@@H]2O[C@@H](C)[C@@H](O)[C@@H](O)[C@@H]2O)O[C@H](CO)[C@@H](O[C@@H]2O[C@H](CO[C@H]3O[C@H](CO)[C@@H](O)[C@H](O)[C@@H]3O[C@@H]3O[C@H](CO)[C@@H](O[C@@H]4O[C@H](CO)[C@H](O)[C@H](O)[C@H]4NC(C)=O)[C@H](O[C@@H]4O[C@@H](C)[C@@H](O)[C@@H](O)[C@@H]4O)[C@H]3NC(C)=O)[C@@H](O)[C@H](O[C@H]3O[C@H](CO)[C@@H](O)[C@H](O)[C@@H]3O[C@@H]3O[C@H](CO)[C@@H](O[C@@H]4O[C@H](CO)[C@H](O)[C@H](O)[C@H]4NC(C)=O)[C@H](O[C@@H]4O[C@@H](C)[C@@H](O)[C@@H](O)[C@@H]4O)[C@H]3NC(C)=O)[C@@H]2O)[C@@H]1O. The second kappa shape index (κ2) is 52.7. The predicted molar refractivity (Wildman–Crippen MR) is 460 cm³/mol. The highest BCUT2D eigenvalue weighted by molar-refractivity contribution is 5.75. The molecule has 64 nitrogen and oxygen atoms in total. The van der Waals surface area contributed by atoms with Gasteiger partial charge in [-0.05, 0) is 20.8 Å². The molecule has 0 bridgehead atoms. The van der Waals surface area contributed by atoms with E-state index in [4.69, 9.17) is 109 Å². The summed E-state index contributed by atoms with van der Waals surface area (Å²) in [6.45, 7) is -1.45. The number of rotatable bonds is 37. The molecule has 12 rings (SSSR count). The third-order valence-corrected chi connectivity index (χ3v) is 27.4. The Kier molecular flexibility index (Phi) is 43.2. The molecule has 0 aromatic rings. The Bertz CT molecular complexity index is 4210. The first kappa shape index (κ1) is 121. The van der Waals surface area contributed by atoms with E-state index in [1.165, 1.54) is 20.8 Å². The first-order valence-electron chi connectivity index (χ1n) is 47.7. The predicted octanol–water partition coefficient (Wildman–Crippen LogP) is -23.2. The van der Waals surface area contributed by atoms with Gasteiger partial charge in [0.2, 0.25) is 35.4 Å². The average molecular weight is 2160 g/mol. The highest BCUT2D eigenvalue weighted by Crippen LogP contribution is 2.44. The Hall–Kier alpha value is -5.26. The van der Waals surface area contributed by atoms with Crippen molar-refractivity contribution in [3.05, 3.63) is 0 Å². The number of amides is 6. The van der Waals surface area contributed by atoms with Crippen molar-refractivity contribution in [3.63, 3.8) is 0 Å². The van der Waals surface area contributed by atoms with Crippen LogP contribution in [0.3, 0.4) is 0 Å². The molecule has 35 N–H and O–H groups in total. The van der Waals surface area contributed by atoms with Crippen molar-refractivity contribution >= 4 is 35.4 Å². The van der Waals surface area contributed by atoms with E-state index in [0.29, 0.717) is 0 Å². The van der Waals surface area contributed by atoms with Gasteiger partial charge in [0.15, 0.2) is 75.5 Å². The second-order valence-corrected chi connectivity index (χ2v) is 38.0. The van der Waals surface area contributed by atoms with Crippen LogP contribution in [0.25, 0.3) is 0 Å². The summed E-state index contributed by atoms with van der Waals surface area (Å²) >= 11 is 0. The first-order chi connectivity index (χ1) is 69.8. The summed E-state index contributed by atoms with van der Waals surface area (Å²) in [7, 11) is 0. The van der Waals surface area contributed by atoms with Gasteiger partial charge in [-0.25, -0.2) is 0 Å². The van der Waals surface area contributed by atoms with Gasteiger partial charge >= 0.3 is 0 Å². The molecule has 148 heavy (non-hydrogen) atoms. The van der Waals surface area contributed by atoms with E-state index in [1.807, 2.05) is 0 Å². The zero-order valence-corrected chi connectivity index (χ0v) is 80.8. The molecule has 0 aromatic carbocycles. The number of aliphatic hydroxyl groups excluding tert-OH is 29. The molecule has 0 saturated carbocycles. The number of nitrogens with one attached hydrogen (secondary N) is 6. The molecular formula is C84H140N6O58. The van der Waals surface area contributed by atoms with Crippen LogP contribution in [-0.4, -0.2) is 611 Å². The van der Waals surface area contributed by atoms with Gasteiger partial charge in [-0.15, -0.1) is 0 Å². The largest absolute Gasteiger partial charge is 0.394 e. The molecule has 12 aliphatic rings. The number of hydrogen-bond acceptors (Lipinski definition) is 58. The molecule has 6 amide bonds. The molecule has 12 aliphatic heterocycles. The third-order valence-electron chi connectivity index (χ3n) is 27.4. The topological polar surface area (TPSA) is 974 Å². The van der Waals surface area contributed by atoms with E-state index >= 15 is 0 Å². The van der Waals surface area contributed by atoms with Gasteiger partial charge in [-0.1, -0.05) is 0 Å². The molecule has 60 atom stereocenters. The number of carbonyl (C=O) groups is 6. The molecular weight excluding hydrogens is 2020 g/mol. The normalized spacial score (nSPS) is 49.3. The lowest BCUT2D eigenvalue weighted by molar-refractivity contribution is -0.403. The van der Waals surface area contributed by atoms with Gasteiger partial charge in [-0.3, -0.25) is 28.8 Å². The molecule has 64 heteroatoms. The van der Waals surface area contributed by atoms with E-state index < -0.39 is 463 Å². The summed E-state index contributed by atoms with van der Waals surface area (Å²) in [5.74, 6) is -5.81. The lowest BCUT2D eigenvalue weighted by Gasteiger charge is -2.52. The monoisotopic (exact) mass is 2160 g/mol. The van der Waals surface area contributed by atoms with E-state index in [9.17, 15) is 177 Å². The smallest absolute Gasteiger partial charge is 0.217 e. The van der Waals surface area contributed by atoms with Gasteiger partial charge in [0.1, 0.15) is 274 Å². The Morgan fingerprint density at radius 1 is 0.189 bits per heavy atom. The molecule has 1 unspecified atom stereocenters. The highest BCUT2D eigenvalue weighted by Gasteiger charge is 2.64. The van der Waals surface area contributed by atoms with Crippen LogP contribution >= 0.6 is 0 Å². The zero-order valence-electron chi connectivity index (χ0n) is 80.8. The van der Waals surface area contributed by atoms with Gasteiger partial charge in [-0.2, -0.15) is 0 Å². The molecule has 0 radical (unpaired) electrons. The van der Waals surface area contributed by atoms with Crippen molar-refractivity contribution in [2.45, 2.75) is 430 Å². The van der Waals surface area contributed by atoms with Gasteiger partial charge < -0.3 is 289 Å². The Morgan fingerprint density at radius 3 is 0.831 bits per heavy atom. The van der Waals surface area contributed by atoms with Crippen LogP contribution in [0.15, 0.2) is 0 Å². The summed E-state index contributed by atoms with van der Waals surface area (Å²) in [6.07, 6.45) is -115. The van der Waals surface area contributed by atoms with E-state index in [2.05, 4.69) is 31.9 Å². The lowest BCUT2D eigenvalue weighted by atomic mass is 9.93. The van der Waals surface area contributed by atoms with E-state index in [-0.39, 0.29) is 0 Å². The van der Waals surface area contributed by atoms with Crippen molar-refractivity contribution in [3.8, 4) is 0 Å². The van der Waals surface area contributed by atoms with Gasteiger partial charge in [0.25, 0.3) is 0 Å². The fourth-order valence-electron chi connectivity index (χ4n) is 19.4. The summed E-state index contributed by atoms with van der Waals surface area (Å²) < 4.78 is 142. The number of aliphatic hydroxyl groups is 29. The Labute approximate surface area is 840 Å². The van der Waals surface area contributed by atoms with Crippen molar-refractivity contribution in [2.24, 2.45) is 0 Å². The molecule has 0 aliphatic carbocycles. The molecule has 12 fully saturated rings. The zero-order chi connectivity index (χ0) is 109. The van der Waals surface area contributed by atoms with Crippen LogP contribution in [0.4, 0.5) is 0 Å². The van der Waals surface area contributed by atoms with Crippen LogP contribution in [0.5, 0.6) is 0 Å². The molecule has 854 valence electrons. The van der Waals surface area contributed by atoms with Crippen molar-refractivity contribution < 1.29 is 286 Å².